The molecule has 1 aliphatic heterocycles. The molecule has 0 saturated carbocycles. The largest absolute Gasteiger partial charge is 0.494 e. The van der Waals surface area contributed by atoms with Crippen LogP contribution in [0.2, 0.25) is 0 Å². The number of benzene rings is 2. The lowest BCUT2D eigenvalue weighted by molar-refractivity contribution is -0.155. The fourth-order valence-electron chi connectivity index (χ4n) is 3.78. The van der Waals surface area contributed by atoms with Crippen molar-refractivity contribution in [2.45, 2.75) is 57.6 Å². The van der Waals surface area contributed by atoms with Crippen LogP contribution in [0.15, 0.2) is 53.5 Å². The Balaban J connectivity index is 1.72. The predicted molar refractivity (Wildman–Crippen MR) is 137 cm³/mol. The number of rotatable bonds is 12. The van der Waals surface area contributed by atoms with E-state index in [1.807, 2.05) is 0 Å². The van der Waals surface area contributed by atoms with E-state index >= 15 is 0 Å². The molecule has 1 aliphatic rings. The molecule has 2 aromatic carbocycles. The highest BCUT2D eigenvalue weighted by atomic mass is 19.1. The third-order valence-electron chi connectivity index (χ3n) is 5.61. The van der Waals surface area contributed by atoms with E-state index in [0.717, 1.165) is 5.56 Å². The molecule has 0 aromatic heterocycles. The number of esters is 1. The maximum absolute atomic E-state index is 13.5. The molecule has 2 N–H and O–H groups in total. The summed E-state index contributed by atoms with van der Waals surface area (Å²) in [4.78, 5) is 30.4. The summed E-state index contributed by atoms with van der Waals surface area (Å²) in [6.07, 6.45) is 1.08. The minimum atomic E-state index is -1.30. The van der Waals surface area contributed by atoms with Crippen LogP contribution in [0.3, 0.4) is 0 Å². The van der Waals surface area contributed by atoms with Gasteiger partial charge in [-0.15, -0.1) is 0 Å². The average Bonchev–Trinajstić information content (AvgIpc) is 3.28. The summed E-state index contributed by atoms with van der Waals surface area (Å²) in [5.41, 5.74) is -0.513. The second kappa shape index (κ2) is 12.7. The first-order valence-electron chi connectivity index (χ1n) is 12.4. The molecule has 37 heavy (non-hydrogen) atoms. The Morgan fingerprint density at radius 2 is 1.95 bits per heavy atom. The van der Waals surface area contributed by atoms with E-state index in [1.54, 1.807) is 57.2 Å². The van der Waals surface area contributed by atoms with Gasteiger partial charge in [0, 0.05) is 31.6 Å². The number of nitrogens with zero attached hydrogens (tertiary/aromatic N) is 1. The zero-order chi connectivity index (χ0) is 26.9. The number of hydrogen-bond donors (Lipinski definition) is 2. The maximum Gasteiger partial charge on any atom is 0.306 e. The van der Waals surface area contributed by atoms with Gasteiger partial charge in [0.2, 0.25) is 5.90 Å². The van der Waals surface area contributed by atoms with Gasteiger partial charge in [-0.1, -0.05) is 12.1 Å². The number of ether oxygens (including phenoxy) is 3. The quantitative estimate of drug-likeness (QED) is 0.331. The van der Waals surface area contributed by atoms with Crippen molar-refractivity contribution in [1.82, 2.24) is 5.32 Å². The predicted octanol–water partition coefficient (Wildman–Crippen LogP) is 3.58. The minimum Gasteiger partial charge on any atom is -0.494 e. The Morgan fingerprint density at radius 1 is 1.19 bits per heavy atom. The number of aliphatic hydroxyl groups excluding tert-OH is 1. The highest BCUT2D eigenvalue weighted by Gasteiger charge is 2.44. The van der Waals surface area contributed by atoms with E-state index < -0.39 is 17.1 Å². The lowest BCUT2D eigenvalue weighted by Gasteiger charge is -2.24. The highest BCUT2D eigenvalue weighted by molar-refractivity contribution is 6.00. The van der Waals surface area contributed by atoms with E-state index in [9.17, 15) is 14.0 Å². The molecule has 0 spiro atoms. The van der Waals surface area contributed by atoms with Crippen LogP contribution >= 0.6 is 0 Å². The van der Waals surface area contributed by atoms with Crippen molar-refractivity contribution < 1.29 is 33.3 Å². The monoisotopic (exact) mass is 514 g/mol. The fraction of sp³-hybridized carbons (Fsp3) is 0.464. The lowest BCUT2D eigenvalue weighted by Crippen LogP contribution is -2.47. The van der Waals surface area contributed by atoms with Crippen molar-refractivity contribution in [3.05, 3.63) is 65.5 Å². The molecular weight excluding hydrogens is 479 g/mol. The van der Waals surface area contributed by atoms with Gasteiger partial charge in [-0.05, 0) is 75.6 Å². The standard InChI is InChI=1S/C28H35FN2O6/c1-27(2,3)37-24(33)12-14-28(26(34)30-15-13-20-6-4-7-22(29)18-20)19-36-25(31-28)21-8-10-23(11-9-21)35-17-5-16-32/h4,6-11,18,32H,5,12-17,19H2,1-3H3,(H,30,34)/t28-/m1/s1. The van der Waals surface area contributed by atoms with Gasteiger partial charge < -0.3 is 24.6 Å². The van der Waals surface area contributed by atoms with Crippen molar-refractivity contribution in [3.8, 4) is 5.75 Å². The van der Waals surface area contributed by atoms with E-state index in [1.165, 1.54) is 12.1 Å². The van der Waals surface area contributed by atoms with Gasteiger partial charge in [0.1, 0.15) is 23.8 Å². The second-order valence-corrected chi connectivity index (χ2v) is 9.91. The molecule has 0 fully saturated rings. The zero-order valence-corrected chi connectivity index (χ0v) is 21.6. The van der Waals surface area contributed by atoms with Gasteiger partial charge in [0.25, 0.3) is 5.91 Å². The second-order valence-electron chi connectivity index (χ2n) is 9.91. The van der Waals surface area contributed by atoms with Crippen LogP contribution in [-0.4, -0.2) is 60.4 Å². The summed E-state index contributed by atoms with van der Waals surface area (Å²) in [6.45, 7) is 6.06. The number of amides is 1. The van der Waals surface area contributed by atoms with Crippen LogP contribution in [0.4, 0.5) is 4.39 Å². The Kier molecular flexibility index (Phi) is 9.63. The summed E-state index contributed by atoms with van der Waals surface area (Å²) in [5, 5.41) is 11.8. The Hall–Kier alpha value is -3.46. The molecule has 0 bridgehead atoms. The van der Waals surface area contributed by atoms with Crippen LogP contribution in [-0.2, 0) is 25.5 Å². The number of aliphatic imine (C=N–C) groups is 1. The SMILES string of the molecule is CC(C)(C)OC(=O)CC[C@]1(C(=O)NCCc2cccc(F)c2)COC(c2ccc(OCCCO)cc2)=N1. The molecule has 1 atom stereocenters. The van der Waals surface area contributed by atoms with E-state index in [-0.39, 0.29) is 44.3 Å². The highest BCUT2D eigenvalue weighted by Crippen LogP contribution is 2.29. The summed E-state index contributed by atoms with van der Waals surface area (Å²) in [6, 6.07) is 13.3. The first-order valence-corrected chi connectivity index (χ1v) is 12.4. The summed E-state index contributed by atoms with van der Waals surface area (Å²) >= 11 is 0. The van der Waals surface area contributed by atoms with Crippen molar-refractivity contribution >= 4 is 17.8 Å². The molecule has 9 heteroatoms. The first kappa shape index (κ1) is 28.1. The molecule has 0 radical (unpaired) electrons. The zero-order valence-electron chi connectivity index (χ0n) is 21.6. The Labute approximate surface area is 216 Å². The third-order valence-corrected chi connectivity index (χ3v) is 5.61. The molecule has 0 unspecified atom stereocenters. The van der Waals surface area contributed by atoms with Crippen LogP contribution in [0.5, 0.6) is 5.75 Å². The van der Waals surface area contributed by atoms with Gasteiger partial charge in [-0.3, -0.25) is 9.59 Å². The Morgan fingerprint density at radius 3 is 2.62 bits per heavy atom. The fourth-order valence-corrected chi connectivity index (χ4v) is 3.78. The van der Waals surface area contributed by atoms with Crippen molar-refractivity contribution in [3.63, 3.8) is 0 Å². The third kappa shape index (κ3) is 8.56. The van der Waals surface area contributed by atoms with E-state index in [0.29, 0.717) is 36.7 Å². The molecule has 2 aromatic rings. The number of hydrogen-bond acceptors (Lipinski definition) is 7. The molecule has 1 amide bonds. The molecule has 3 rings (SSSR count). The maximum atomic E-state index is 13.5. The number of carbonyl (C=O) groups is 2. The van der Waals surface area contributed by atoms with E-state index in [2.05, 4.69) is 10.3 Å². The van der Waals surface area contributed by atoms with Gasteiger partial charge >= 0.3 is 5.97 Å². The smallest absolute Gasteiger partial charge is 0.306 e. The van der Waals surface area contributed by atoms with Gasteiger partial charge in [0.05, 0.1) is 6.61 Å². The summed E-state index contributed by atoms with van der Waals surface area (Å²) < 4.78 is 30.3. The number of aliphatic hydroxyl groups is 1. The number of nitrogens with one attached hydrogen (secondary N) is 1. The van der Waals surface area contributed by atoms with Gasteiger partial charge in [-0.2, -0.15) is 0 Å². The van der Waals surface area contributed by atoms with E-state index in [4.69, 9.17) is 19.3 Å². The molecule has 200 valence electrons. The van der Waals surface area contributed by atoms with Crippen molar-refractivity contribution in [2.24, 2.45) is 4.99 Å². The van der Waals surface area contributed by atoms with Gasteiger partial charge in [0.15, 0.2) is 5.54 Å². The first-order chi connectivity index (χ1) is 17.6. The summed E-state index contributed by atoms with van der Waals surface area (Å²) in [7, 11) is 0. The van der Waals surface area contributed by atoms with Crippen LogP contribution < -0.4 is 10.1 Å². The topological polar surface area (TPSA) is 106 Å². The average molecular weight is 515 g/mol. The minimum absolute atomic E-state index is 0.00758. The van der Waals surface area contributed by atoms with Crippen molar-refractivity contribution in [2.75, 3.05) is 26.4 Å². The summed E-state index contributed by atoms with van der Waals surface area (Å²) in [5.74, 6) is -0.187. The molecule has 0 aliphatic carbocycles. The van der Waals surface area contributed by atoms with Crippen molar-refractivity contribution in [1.29, 1.82) is 0 Å². The molecule has 8 nitrogen and oxygen atoms in total. The Bertz CT molecular complexity index is 1100. The van der Waals surface area contributed by atoms with Crippen LogP contribution in [0.1, 0.15) is 51.2 Å². The molecule has 0 saturated heterocycles. The van der Waals surface area contributed by atoms with Crippen LogP contribution in [0.25, 0.3) is 0 Å². The number of carbonyl (C=O) groups excluding carboxylic acids is 2. The molecular formula is C28H35FN2O6. The molecule has 1 heterocycles. The van der Waals surface area contributed by atoms with Gasteiger partial charge in [-0.25, -0.2) is 9.38 Å². The van der Waals surface area contributed by atoms with Crippen LogP contribution in [0, 0.1) is 5.82 Å². The number of halogens is 1. The normalized spacial score (nSPS) is 17.1. The lowest BCUT2D eigenvalue weighted by atomic mass is 9.94.